The largest absolute Gasteiger partial charge is 0.366 e. The van der Waals surface area contributed by atoms with Crippen LogP contribution in [0.1, 0.15) is 50.8 Å². The van der Waals surface area contributed by atoms with Crippen LogP contribution in [0.15, 0.2) is 0 Å². The Hall–Kier alpha value is -1.21. The molecule has 1 fully saturated rings. The van der Waals surface area contributed by atoms with E-state index in [0.29, 0.717) is 23.2 Å². The highest BCUT2D eigenvalue weighted by Gasteiger charge is 2.40. The number of ether oxygens (including phenoxy) is 1. The highest BCUT2D eigenvalue weighted by Crippen LogP contribution is 2.29. The number of aromatic nitrogens is 2. The van der Waals surface area contributed by atoms with Crippen LogP contribution >= 0.6 is 11.3 Å². The maximum Gasteiger partial charge on any atom is 0.285 e. The van der Waals surface area contributed by atoms with Gasteiger partial charge in [-0.05, 0) is 34.1 Å². The molecular weight excluding hydrogens is 288 g/mol. The maximum absolute atomic E-state index is 12.6. The molecule has 6 nitrogen and oxygen atoms in total. The topological polar surface area (TPSA) is 67.4 Å². The third kappa shape index (κ3) is 4.14. The molecule has 1 aromatic rings. The zero-order chi connectivity index (χ0) is 15.7. The predicted octanol–water partition coefficient (Wildman–Crippen LogP) is 2.39. The summed E-state index contributed by atoms with van der Waals surface area (Å²) >= 11 is 1.31. The fourth-order valence-electron chi connectivity index (χ4n) is 2.68. The minimum atomic E-state index is -0.356. The minimum Gasteiger partial charge on any atom is -0.366 e. The van der Waals surface area contributed by atoms with Gasteiger partial charge < -0.3 is 15.0 Å². The summed E-state index contributed by atoms with van der Waals surface area (Å²) in [4.78, 5) is 14.4. The van der Waals surface area contributed by atoms with Gasteiger partial charge in [0.25, 0.3) is 5.91 Å². The zero-order valence-electron chi connectivity index (χ0n) is 13.4. The van der Waals surface area contributed by atoms with E-state index >= 15 is 0 Å². The lowest BCUT2D eigenvalue weighted by Crippen LogP contribution is -2.58. The zero-order valence-corrected chi connectivity index (χ0v) is 14.2. The molecule has 2 rings (SSSR count). The monoisotopic (exact) mass is 312 g/mol. The van der Waals surface area contributed by atoms with Gasteiger partial charge >= 0.3 is 0 Å². The van der Waals surface area contributed by atoms with Crippen LogP contribution in [0.3, 0.4) is 0 Å². The van der Waals surface area contributed by atoms with Crippen LogP contribution in [0.2, 0.25) is 0 Å². The molecule has 1 N–H and O–H groups in total. The van der Waals surface area contributed by atoms with E-state index in [9.17, 15) is 4.79 Å². The number of hydrogen-bond acceptors (Lipinski definition) is 6. The van der Waals surface area contributed by atoms with Crippen molar-refractivity contribution in [1.29, 1.82) is 0 Å². The van der Waals surface area contributed by atoms with E-state index in [-0.39, 0.29) is 17.1 Å². The second-order valence-corrected chi connectivity index (χ2v) is 7.60. The van der Waals surface area contributed by atoms with Crippen molar-refractivity contribution in [2.45, 2.75) is 52.2 Å². The number of amides is 1. The lowest BCUT2D eigenvalue weighted by Gasteiger charge is -2.46. The Kier molecular flexibility index (Phi) is 4.53. The van der Waals surface area contributed by atoms with Crippen molar-refractivity contribution in [3.8, 4) is 0 Å². The molecule has 0 spiro atoms. The van der Waals surface area contributed by atoms with Crippen LogP contribution in [0.4, 0.5) is 5.13 Å². The number of anilines is 1. The molecule has 0 radical (unpaired) electrons. The smallest absolute Gasteiger partial charge is 0.285 e. The number of nitrogens with one attached hydrogen (secondary N) is 1. The Morgan fingerprint density at radius 2 is 1.90 bits per heavy atom. The van der Waals surface area contributed by atoms with Crippen molar-refractivity contribution in [2.75, 3.05) is 25.0 Å². The van der Waals surface area contributed by atoms with Crippen molar-refractivity contribution >= 4 is 22.4 Å². The predicted molar refractivity (Wildman–Crippen MR) is 83.8 cm³/mol. The summed E-state index contributed by atoms with van der Waals surface area (Å²) in [7, 11) is 0. The third-order valence-corrected chi connectivity index (χ3v) is 3.99. The molecule has 1 aromatic heterocycles. The van der Waals surface area contributed by atoms with Crippen molar-refractivity contribution in [3.63, 3.8) is 0 Å². The number of nitrogens with zero attached hydrogens (tertiary/aromatic N) is 3. The van der Waals surface area contributed by atoms with E-state index in [1.165, 1.54) is 11.3 Å². The SMILES string of the molecule is CCCNc1nnc(C(=O)N2CC(C)(C)OC(C)(C)C2)s1. The first-order valence-electron chi connectivity index (χ1n) is 7.29. The van der Waals surface area contributed by atoms with Gasteiger partial charge in [0.2, 0.25) is 10.1 Å². The highest BCUT2D eigenvalue weighted by atomic mass is 32.1. The van der Waals surface area contributed by atoms with Gasteiger partial charge in [-0.25, -0.2) is 0 Å². The van der Waals surface area contributed by atoms with Gasteiger partial charge in [0.05, 0.1) is 11.2 Å². The summed E-state index contributed by atoms with van der Waals surface area (Å²) in [5, 5.41) is 12.3. The first kappa shape index (κ1) is 16.2. The fourth-order valence-corrected chi connectivity index (χ4v) is 3.42. The van der Waals surface area contributed by atoms with Crippen molar-refractivity contribution < 1.29 is 9.53 Å². The summed E-state index contributed by atoms with van der Waals surface area (Å²) in [6.07, 6.45) is 1.01. The summed E-state index contributed by atoms with van der Waals surface area (Å²) in [6, 6.07) is 0. The standard InChI is InChI=1S/C14H24N4O2S/c1-6-7-15-12-17-16-10(21-12)11(19)18-8-13(2,3)20-14(4,5)9-18/h6-9H2,1-5H3,(H,15,17). The molecule has 2 heterocycles. The summed E-state index contributed by atoms with van der Waals surface area (Å²) in [5.74, 6) is -0.0681. The van der Waals surface area contributed by atoms with E-state index in [4.69, 9.17) is 4.74 Å². The first-order valence-corrected chi connectivity index (χ1v) is 8.11. The Morgan fingerprint density at radius 1 is 1.29 bits per heavy atom. The summed E-state index contributed by atoms with van der Waals surface area (Å²) in [6.45, 7) is 12.0. The summed E-state index contributed by atoms with van der Waals surface area (Å²) < 4.78 is 6.00. The van der Waals surface area contributed by atoms with E-state index in [1.54, 1.807) is 0 Å². The molecule has 21 heavy (non-hydrogen) atoms. The van der Waals surface area contributed by atoms with Crippen LogP contribution in [0.5, 0.6) is 0 Å². The fraction of sp³-hybridized carbons (Fsp3) is 0.786. The third-order valence-electron chi connectivity index (χ3n) is 3.12. The van der Waals surface area contributed by atoms with Gasteiger partial charge in [-0.15, -0.1) is 10.2 Å². The average Bonchev–Trinajstić information content (AvgIpc) is 2.80. The Bertz CT molecular complexity index is 497. The van der Waals surface area contributed by atoms with Crippen LogP contribution in [-0.4, -0.2) is 51.8 Å². The van der Waals surface area contributed by atoms with Crippen LogP contribution in [-0.2, 0) is 4.74 Å². The number of hydrogen-bond donors (Lipinski definition) is 1. The number of carbonyl (C=O) groups is 1. The van der Waals surface area contributed by atoms with Crippen molar-refractivity contribution in [1.82, 2.24) is 15.1 Å². The average molecular weight is 312 g/mol. The second kappa shape index (κ2) is 5.88. The lowest BCUT2D eigenvalue weighted by molar-refractivity contribution is -0.171. The second-order valence-electron chi connectivity index (χ2n) is 6.62. The van der Waals surface area contributed by atoms with Gasteiger partial charge in [0.15, 0.2) is 0 Å². The molecule has 1 aliphatic rings. The molecule has 0 unspecified atom stereocenters. The van der Waals surface area contributed by atoms with Gasteiger partial charge in [-0.2, -0.15) is 0 Å². The molecule has 0 aromatic carbocycles. The number of carbonyl (C=O) groups excluding carboxylic acids is 1. The maximum atomic E-state index is 12.6. The van der Waals surface area contributed by atoms with E-state index in [1.807, 2.05) is 32.6 Å². The van der Waals surface area contributed by atoms with Crippen LogP contribution in [0.25, 0.3) is 0 Å². The Labute approximate surface area is 129 Å². The molecule has 7 heteroatoms. The Balaban J connectivity index is 2.10. The van der Waals surface area contributed by atoms with E-state index < -0.39 is 0 Å². The molecule has 0 aliphatic carbocycles. The van der Waals surface area contributed by atoms with Crippen molar-refractivity contribution in [3.05, 3.63) is 5.01 Å². The molecule has 1 saturated heterocycles. The van der Waals surface area contributed by atoms with Gasteiger partial charge in [-0.1, -0.05) is 18.3 Å². The first-order chi connectivity index (χ1) is 9.72. The quantitative estimate of drug-likeness (QED) is 0.924. The van der Waals surface area contributed by atoms with Crippen LogP contribution < -0.4 is 5.32 Å². The van der Waals surface area contributed by atoms with Crippen LogP contribution in [0, 0.1) is 0 Å². The van der Waals surface area contributed by atoms with E-state index in [2.05, 4.69) is 22.4 Å². The van der Waals surface area contributed by atoms with Gasteiger partial charge in [0.1, 0.15) is 0 Å². The number of rotatable bonds is 4. The minimum absolute atomic E-state index is 0.0681. The lowest BCUT2D eigenvalue weighted by atomic mass is 9.99. The molecular formula is C14H24N4O2S. The molecule has 0 bridgehead atoms. The van der Waals surface area contributed by atoms with Gasteiger partial charge in [0, 0.05) is 19.6 Å². The summed E-state index contributed by atoms with van der Waals surface area (Å²) in [5.41, 5.74) is -0.712. The molecule has 0 atom stereocenters. The number of morpholine rings is 1. The normalized spacial score (nSPS) is 20.3. The van der Waals surface area contributed by atoms with E-state index in [0.717, 1.165) is 13.0 Å². The molecule has 118 valence electrons. The highest BCUT2D eigenvalue weighted by molar-refractivity contribution is 7.17. The van der Waals surface area contributed by atoms with Gasteiger partial charge in [-0.3, -0.25) is 4.79 Å². The molecule has 1 amide bonds. The molecule has 1 aliphatic heterocycles. The van der Waals surface area contributed by atoms with Crippen molar-refractivity contribution in [2.24, 2.45) is 0 Å². The Morgan fingerprint density at radius 3 is 2.48 bits per heavy atom. The molecule has 0 saturated carbocycles.